The summed E-state index contributed by atoms with van der Waals surface area (Å²) < 4.78 is 39.2. The fourth-order valence-corrected chi connectivity index (χ4v) is 2.30. The van der Waals surface area contributed by atoms with Crippen molar-refractivity contribution in [3.8, 4) is 0 Å². The lowest BCUT2D eigenvalue weighted by Gasteiger charge is -2.09. The molecule has 1 aliphatic rings. The number of carbonyl (C=O) groups is 1. The minimum absolute atomic E-state index is 0.00957. The summed E-state index contributed by atoms with van der Waals surface area (Å²) in [4.78, 5) is 16.6. The molecule has 0 aliphatic carbocycles. The summed E-state index contributed by atoms with van der Waals surface area (Å²) in [5.41, 5.74) is 0. The molecule has 1 unspecified atom stereocenters. The van der Waals surface area contributed by atoms with Gasteiger partial charge in [-0.2, -0.15) is 13.4 Å². The van der Waals surface area contributed by atoms with Gasteiger partial charge in [-0.25, -0.2) is 0 Å². The van der Waals surface area contributed by atoms with Crippen LogP contribution in [0, 0.1) is 0 Å². The number of anilines is 1. The standard InChI is InChI=1S/C9H12FN3O4S/c1-5(2)8-11-9(12-17-8)13-4-6(3-7(13)14)18(10,15)16/h5-6H,3-4H2,1-2H3. The molecule has 0 bridgehead atoms. The molecule has 1 fully saturated rings. The van der Waals surface area contributed by atoms with E-state index in [4.69, 9.17) is 4.52 Å². The van der Waals surface area contributed by atoms with Crippen molar-refractivity contribution >= 4 is 22.1 Å². The Balaban J connectivity index is 2.22. The zero-order valence-electron chi connectivity index (χ0n) is 9.83. The highest BCUT2D eigenvalue weighted by Crippen LogP contribution is 2.24. The highest BCUT2D eigenvalue weighted by Gasteiger charge is 2.40. The summed E-state index contributed by atoms with van der Waals surface area (Å²) in [6.07, 6.45) is -0.398. The minimum Gasteiger partial charge on any atom is -0.337 e. The van der Waals surface area contributed by atoms with Gasteiger partial charge in [0.2, 0.25) is 11.8 Å². The maximum atomic E-state index is 12.8. The van der Waals surface area contributed by atoms with Crippen molar-refractivity contribution in [2.45, 2.75) is 31.4 Å². The first-order chi connectivity index (χ1) is 8.29. The van der Waals surface area contributed by atoms with Crippen molar-refractivity contribution in [2.24, 2.45) is 0 Å². The predicted molar refractivity (Wildman–Crippen MR) is 59.2 cm³/mol. The van der Waals surface area contributed by atoms with Crippen molar-refractivity contribution in [3.63, 3.8) is 0 Å². The van der Waals surface area contributed by atoms with E-state index in [-0.39, 0.29) is 18.4 Å². The van der Waals surface area contributed by atoms with Gasteiger partial charge in [-0.3, -0.25) is 9.69 Å². The molecule has 2 rings (SSSR count). The molecule has 0 N–H and O–H groups in total. The third-order valence-electron chi connectivity index (χ3n) is 2.65. The Morgan fingerprint density at radius 1 is 1.50 bits per heavy atom. The molecule has 1 aliphatic heterocycles. The molecule has 1 aromatic heterocycles. The Kier molecular flexibility index (Phi) is 3.09. The molecule has 7 nitrogen and oxygen atoms in total. The molecule has 0 saturated carbocycles. The van der Waals surface area contributed by atoms with Crippen LogP contribution < -0.4 is 4.90 Å². The zero-order chi connectivity index (χ0) is 13.5. The first-order valence-electron chi connectivity index (χ1n) is 5.36. The van der Waals surface area contributed by atoms with Gasteiger partial charge in [-0.1, -0.05) is 13.8 Å². The van der Waals surface area contributed by atoms with Crippen LogP contribution in [0.1, 0.15) is 32.1 Å². The molecule has 0 radical (unpaired) electrons. The second-order valence-electron chi connectivity index (χ2n) is 4.39. The van der Waals surface area contributed by atoms with Crippen LogP contribution in [0.4, 0.5) is 9.83 Å². The Morgan fingerprint density at radius 3 is 2.61 bits per heavy atom. The van der Waals surface area contributed by atoms with Gasteiger partial charge in [-0.05, 0) is 5.16 Å². The lowest BCUT2D eigenvalue weighted by molar-refractivity contribution is -0.117. The average Bonchev–Trinajstić information content (AvgIpc) is 2.81. The van der Waals surface area contributed by atoms with Gasteiger partial charge in [0, 0.05) is 18.9 Å². The highest BCUT2D eigenvalue weighted by molar-refractivity contribution is 7.87. The van der Waals surface area contributed by atoms with E-state index in [1.54, 1.807) is 0 Å². The van der Waals surface area contributed by atoms with Gasteiger partial charge in [0.1, 0.15) is 5.25 Å². The van der Waals surface area contributed by atoms with Crippen LogP contribution in [0.15, 0.2) is 4.52 Å². The topological polar surface area (TPSA) is 93.4 Å². The monoisotopic (exact) mass is 277 g/mol. The van der Waals surface area contributed by atoms with E-state index in [2.05, 4.69) is 10.1 Å². The Bertz CT molecular complexity index is 568. The summed E-state index contributed by atoms with van der Waals surface area (Å²) in [6, 6.07) is 0. The first-order valence-corrected chi connectivity index (χ1v) is 6.81. The predicted octanol–water partition coefficient (Wildman–Crippen LogP) is 0.598. The number of hydrogen-bond donors (Lipinski definition) is 0. The van der Waals surface area contributed by atoms with Crippen LogP contribution >= 0.6 is 0 Å². The van der Waals surface area contributed by atoms with E-state index in [9.17, 15) is 17.1 Å². The van der Waals surface area contributed by atoms with E-state index in [0.29, 0.717) is 5.89 Å². The molecule has 9 heteroatoms. The molecule has 1 amide bonds. The smallest absolute Gasteiger partial charge is 0.307 e. The van der Waals surface area contributed by atoms with Gasteiger partial charge in [0.05, 0.1) is 0 Å². The zero-order valence-corrected chi connectivity index (χ0v) is 10.6. The van der Waals surface area contributed by atoms with Crippen molar-refractivity contribution in [2.75, 3.05) is 11.4 Å². The van der Waals surface area contributed by atoms with Crippen LogP contribution in [0.5, 0.6) is 0 Å². The fourth-order valence-electron chi connectivity index (χ4n) is 1.63. The van der Waals surface area contributed by atoms with Gasteiger partial charge >= 0.3 is 10.2 Å². The van der Waals surface area contributed by atoms with E-state index in [0.717, 1.165) is 4.90 Å². The summed E-state index contributed by atoms with van der Waals surface area (Å²) in [6.45, 7) is 3.38. The molecular formula is C9H12FN3O4S. The van der Waals surface area contributed by atoms with E-state index < -0.39 is 27.8 Å². The number of halogens is 1. The largest absolute Gasteiger partial charge is 0.337 e. The van der Waals surface area contributed by atoms with E-state index in [1.165, 1.54) is 0 Å². The van der Waals surface area contributed by atoms with Crippen molar-refractivity contribution in [3.05, 3.63) is 5.89 Å². The van der Waals surface area contributed by atoms with Crippen LogP contribution in [-0.2, 0) is 15.0 Å². The Labute approximate surface area is 103 Å². The second kappa shape index (κ2) is 4.30. The second-order valence-corrected chi connectivity index (χ2v) is 6.01. The molecule has 0 spiro atoms. The quantitative estimate of drug-likeness (QED) is 0.751. The molecular weight excluding hydrogens is 265 g/mol. The molecule has 1 atom stereocenters. The first kappa shape index (κ1) is 12.9. The van der Waals surface area contributed by atoms with Crippen molar-refractivity contribution in [1.29, 1.82) is 0 Å². The van der Waals surface area contributed by atoms with E-state index in [1.807, 2.05) is 13.8 Å². The molecule has 0 aromatic carbocycles. The lowest BCUT2D eigenvalue weighted by Crippen LogP contribution is -2.27. The molecule has 100 valence electrons. The average molecular weight is 277 g/mol. The van der Waals surface area contributed by atoms with Gasteiger partial charge < -0.3 is 4.52 Å². The maximum Gasteiger partial charge on any atom is 0.307 e. The molecule has 18 heavy (non-hydrogen) atoms. The third kappa shape index (κ3) is 2.35. The number of nitrogens with zero attached hydrogens (tertiary/aromatic N) is 3. The lowest BCUT2D eigenvalue weighted by atomic mass is 10.2. The number of amides is 1. The van der Waals surface area contributed by atoms with Crippen LogP contribution in [0.2, 0.25) is 0 Å². The number of aromatic nitrogens is 2. The Hall–Kier alpha value is -1.51. The molecule has 2 heterocycles. The summed E-state index contributed by atoms with van der Waals surface area (Å²) in [5, 5.41) is 2.23. The normalized spacial score (nSPS) is 21.0. The molecule has 1 aromatic rings. The number of rotatable bonds is 3. The van der Waals surface area contributed by atoms with Crippen LogP contribution in [0.3, 0.4) is 0 Å². The fraction of sp³-hybridized carbons (Fsp3) is 0.667. The van der Waals surface area contributed by atoms with Gasteiger partial charge in [0.15, 0.2) is 0 Å². The Morgan fingerprint density at radius 2 is 2.17 bits per heavy atom. The minimum atomic E-state index is -4.73. The maximum absolute atomic E-state index is 12.8. The van der Waals surface area contributed by atoms with Gasteiger partial charge in [0.25, 0.3) is 5.95 Å². The van der Waals surface area contributed by atoms with Crippen LogP contribution in [-0.4, -0.2) is 36.3 Å². The third-order valence-corrected chi connectivity index (χ3v) is 3.77. The van der Waals surface area contributed by atoms with Crippen molar-refractivity contribution < 1.29 is 21.6 Å². The summed E-state index contributed by atoms with van der Waals surface area (Å²) in [5.74, 6) is -0.221. The number of hydrogen-bond acceptors (Lipinski definition) is 6. The van der Waals surface area contributed by atoms with Crippen LogP contribution in [0.25, 0.3) is 0 Å². The van der Waals surface area contributed by atoms with Gasteiger partial charge in [-0.15, -0.1) is 3.89 Å². The highest BCUT2D eigenvalue weighted by atomic mass is 32.3. The SMILES string of the molecule is CC(C)c1nc(N2CC(S(=O)(=O)F)CC2=O)no1. The number of carbonyl (C=O) groups excluding carboxylic acids is 1. The summed E-state index contributed by atoms with van der Waals surface area (Å²) in [7, 11) is -4.73. The molecule has 1 saturated heterocycles. The van der Waals surface area contributed by atoms with Crippen molar-refractivity contribution in [1.82, 2.24) is 10.1 Å². The summed E-state index contributed by atoms with van der Waals surface area (Å²) >= 11 is 0. The van der Waals surface area contributed by atoms with E-state index >= 15 is 0 Å².